The van der Waals surface area contributed by atoms with Gasteiger partial charge in [0.15, 0.2) is 6.10 Å². The van der Waals surface area contributed by atoms with Crippen molar-refractivity contribution in [1.82, 2.24) is 10.6 Å². The van der Waals surface area contributed by atoms with Crippen LogP contribution in [-0.4, -0.2) is 63.5 Å². The first-order chi connectivity index (χ1) is 14.2. The van der Waals surface area contributed by atoms with Gasteiger partial charge < -0.3 is 30.7 Å². The number of ether oxygens (including phenoxy) is 1. The van der Waals surface area contributed by atoms with Gasteiger partial charge in [0.05, 0.1) is 12.1 Å². The maximum Gasteiger partial charge on any atom is 0.342 e. The Kier molecular flexibility index (Phi) is 6.62. The van der Waals surface area contributed by atoms with Gasteiger partial charge in [0.1, 0.15) is 23.5 Å². The van der Waals surface area contributed by atoms with Gasteiger partial charge in [-0.3, -0.25) is 9.59 Å². The minimum Gasteiger partial charge on any atom is -0.507 e. The third-order valence-corrected chi connectivity index (χ3v) is 5.55. The summed E-state index contributed by atoms with van der Waals surface area (Å²) in [5.41, 5.74) is 0.740. The lowest BCUT2D eigenvalue weighted by molar-refractivity contribution is -0.138. The first-order valence-electron chi connectivity index (χ1n) is 10.1. The molecule has 0 aliphatic carbocycles. The zero-order chi connectivity index (χ0) is 22.0. The molecule has 3 rings (SSSR count). The first-order valence-corrected chi connectivity index (χ1v) is 10.1. The summed E-state index contributed by atoms with van der Waals surface area (Å²) in [6.07, 6.45) is -2.53. The maximum absolute atomic E-state index is 12.6. The largest absolute Gasteiger partial charge is 0.507 e. The highest BCUT2D eigenvalue weighted by atomic mass is 16.5. The number of rotatable bonds is 7. The highest BCUT2D eigenvalue weighted by Crippen LogP contribution is 2.30. The van der Waals surface area contributed by atoms with Crippen molar-refractivity contribution in [1.29, 1.82) is 0 Å². The summed E-state index contributed by atoms with van der Waals surface area (Å²) in [5, 5.41) is 35.8. The average molecular weight is 420 g/mol. The molecule has 5 unspecified atom stereocenters. The molecule has 2 aliphatic rings. The van der Waals surface area contributed by atoms with E-state index in [2.05, 4.69) is 10.6 Å². The number of phenols is 1. The summed E-state index contributed by atoms with van der Waals surface area (Å²) in [4.78, 5) is 36.4. The van der Waals surface area contributed by atoms with Crippen LogP contribution >= 0.6 is 0 Å². The van der Waals surface area contributed by atoms with Gasteiger partial charge in [-0.25, -0.2) is 4.79 Å². The van der Waals surface area contributed by atoms with Gasteiger partial charge in [-0.1, -0.05) is 26.0 Å². The molecule has 2 aliphatic heterocycles. The number of phenolic OH excluding ortho intramolecular Hbond substituents is 1. The molecule has 1 aromatic carbocycles. The van der Waals surface area contributed by atoms with E-state index >= 15 is 0 Å². The topological polar surface area (TPSA) is 145 Å². The molecule has 9 nitrogen and oxygen atoms in total. The zero-order valence-electron chi connectivity index (χ0n) is 17.0. The van der Waals surface area contributed by atoms with E-state index in [1.807, 2.05) is 13.8 Å². The van der Waals surface area contributed by atoms with E-state index in [4.69, 9.17) is 4.74 Å². The summed E-state index contributed by atoms with van der Waals surface area (Å²) in [6.45, 7) is 3.89. The number of fused-ring (bicyclic) bond motifs is 1. The van der Waals surface area contributed by atoms with Crippen molar-refractivity contribution in [3.8, 4) is 5.75 Å². The molecule has 0 bridgehead atoms. The zero-order valence-corrected chi connectivity index (χ0v) is 17.0. The molecule has 9 heteroatoms. The van der Waals surface area contributed by atoms with Crippen LogP contribution in [0.2, 0.25) is 0 Å². The molecule has 0 radical (unpaired) electrons. The second kappa shape index (κ2) is 9.01. The van der Waals surface area contributed by atoms with E-state index in [9.17, 15) is 29.7 Å². The van der Waals surface area contributed by atoms with Crippen LogP contribution in [0.3, 0.4) is 0 Å². The summed E-state index contributed by atoms with van der Waals surface area (Å²) in [6, 6.07) is 3.47. The Morgan fingerprint density at radius 3 is 2.67 bits per heavy atom. The quantitative estimate of drug-likeness (QED) is 0.391. The number of aromatic hydroxyl groups is 1. The van der Waals surface area contributed by atoms with Gasteiger partial charge in [0, 0.05) is 12.8 Å². The fraction of sp³-hybridized carbons (Fsp3) is 0.571. The Morgan fingerprint density at radius 2 is 2.03 bits per heavy atom. The van der Waals surface area contributed by atoms with Crippen LogP contribution in [0.25, 0.3) is 0 Å². The Morgan fingerprint density at radius 1 is 1.30 bits per heavy atom. The number of esters is 1. The minimum absolute atomic E-state index is 0.121. The van der Waals surface area contributed by atoms with Gasteiger partial charge >= 0.3 is 5.97 Å². The Balaban J connectivity index is 1.72. The molecule has 30 heavy (non-hydrogen) atoms. The second-order valence-corrected chi connectivity index (χ2v) is 8.35. The van der Waals surface area contributed by atoms with Crippen LogP contribution in [0.4, 0.5) is 0 Å². The molecule has 5 atom stereocenters. The molecule has 5 N–H and O–H groups in total. The lowest BCUT2D eigenvalue weighted by atomic mass is 9.90. The summed E-state index contributed by atoms with van der Waals surface area (Å²) >= 11 is 0. The predicted octanol–water partition coefficient (Wildman–Crippen LogP) is 0.00500. The molecule has 1 saturated heterocycles. The highest BCUT2D eigenvalue weighted by Gasteiger charge is 2.39. The van der Waals surface area contributed by atoms with Gasteiger partial charge in [-0.05, 0) is 30.4 Å². The van der Waals surface area contributed by atoms with Crippen LogP contribution in [0.1, 0.15) is 49.0 Å². The van der Waals surface area contributed by atoms with Crippen molar-refractivity contribution >= 4 is 17.8 Å². The Hall–Kier alpha value is -2.65. The molecule has 0 spiro atoms. The fourth-order valence-electron chi connectivity index (χ4n) is 4.02. The number of aliphatic hydroxyl groups is 2. The number of aliphatic hydroxyl groups excluding tert-OH is 2. The number of amides is 2. The van der Waals surface area contributed by atoms with E-state index in [0.717, 1.165) is 0 Å². The third-order valence-electron chi connectivity index (χ3n) is 5.55. The van der Waals surface area contributed by atoms with Crippen molar-refractivity contribution in [2.24, 2.45) is 5.92 Å². The standard InChI is InChI=1S/C21H28N2O7/c1-10(2)8-13(15-9-11-4-3-5-14(24)17(11)21(29)30-15)23-20(28)19(27)18(26)12-6-7-16(25)22-12/h3-5,10,12-13,15,18-19,24,26-27H,6-9H2,1-2H3,(H,22,25)(H,23,28). The molecular formula is C21H28N2O7. The molecule has 2 amide bonds. The number of carbonyl (C=O) groups is 3. The lowest BCUT2D eigenvalue weighted by Gasteiger charge is -2.34. The fourth-order valence-corrected chi connectivity index (χ4v) is 4.02. The van der Waals surface area contributed by atoms with E-state index in [-0.39, 0.29) is 29.6 Å². The second-order valence-electron chi connectivity index (χ2n) is 8.35. The van der Waals surface area contributed by atoms with Crippen LogP contribution in [0.15, 0.2) is 18.2 Å². The number of cyclic esters (lactones) is 1. The van der Waals surface area contributed by atoms with E-state index in [0.29, 0.717) is 24.8 Å². The SMILES string of the molecule is CC(C)CC(NC(=O)C(O)C(O)C1CCC(=O)N1)C1Cc2cccc(O)c2C(=O)O1. The van der Waals surface area contributed by atoms with E-state index in [1.165, 1.54) is 6.07 Å². The molecule has 2 heterocycles. The predicted molar refractivity (Wildman–Crippen MR) is 106 cm³/mol. The lowest BCUT2D eigenvalue weighted by Crippen LogP contribution is -2.55. The number of hydrogen-bond donors (Lipinski definition) is 5. The number of carbonyl (C=O) groups excluding carboxylic acids is 3. The van der Waals surface area contributed by atoms with Crippen LogP contribution in [0.5, 0.6) is 5.75 Å². The Labute approximate surface area is 174 Å². The third kappa shape index (κ3) is 4.73. The number of benzene rings is 1. The summed E-state index contributed by atoms with van der Waals surface area (Å²) < 4.78 is 5.50. The highest BCUT2D eigenvalue weighted by molar-refractivity contribution is 5.95. The smallest absolute Gasteiger partial charge is 0.342 e. The van der Waals surface area contributed by atoms with Crippen molar-refractivity contribution in [3.05, 3.63) is 29.3 Å². The van der Waals surface area contributed by atoms with Gasteiger partial charge in [0.2, 0.25) is 5.91 Å². The molecule has 164 valence electrons. The van der Waals surface area contributed by atoms with Crippen LogP contribution in [0, 0.1) is 5.92 Å². The van der Waals surface area contributed by atoms with Crippen molar-refractivity contribution in [2.45, 2.75) is 69.9 Å². The van der Waals surface area contributed by atoms with Gasteiger partial charge in [0.25, 0.3) is 5.91 Å². The maximum atomic E-state index is 12.6. The van der Waals surface area contributed by atoms with Crippen molar-refractivity contribution < 1.29 is 34.4 Å². The molecule has 1 aromatic rings. The average Bonchev–Trinajstić information content (AvgIpc) is 3.12. The normalized spacial score (nSPS) is 23.9. The minimum atomic E-state index is -1.74. The molecule has 0 aromatic heterocycles. The molecule has 0 saturated carbocycles. The first kappa shape index (κ1) is 22.0. The number of nitrogens with one attached hydrogen (secondary N) is 2. The summed E-state index contributed by atoms with van der Waals surface area (Å²) in [5.74, 6) is -1.71. The number of hydrogen-bond acceptors (Lipinski definition) is 7. The van der Waals surface area contributed by atoms with Gasteiger partial charge in [-0.2, -0.15) is 0 Å². The van der Waals surface area contributed by atoms with E-state index < -0.39 is 42.3 Å². The van der Waals surface area contributed by atoms with Crippen molar-refractivity contribution in [3.63, 3.8) is 0 Å². The van der Waals surface area contributed by atoms with Gasteiger partial charge in [-0.15, -0.1) is 0 Å². The molecule has 1 fully saturated rings. The molecular weight excluding hydrogens is 392 g/mol. The van der Waals surface area contributed by atoms with Crippen LogP contribution in [-0.2, 0) is 20.7 Å². The summed E-state index contributed by atoms with van der Waals surface area (Å²) in [7, 11) is 0. The van der Waals surface area contributed by atoms with Crippen molar-refractivity contribution in [2.75, 3.05) is 0 Å². The Bertz CT molecular complexity index is 826. The van der Waals surface area contributed by atoms with Crippen LogP contribution < -0.4 is 10.6 Å². The van der Waals surface area contributed by atoms with E-state index in [1.54, 1.807) is 12.1 Å². The monoisotopic (exact) mass is 420 g/mol.